The zero-order valence-corrected chi connectivity index (χ0v) is 11.3. The molecule has 4 aromatic rings. The monoisotopic (exact) mass is 288 g/mol. The minimum absolute atomic E-state index is 0.239. The maximum atomic E-state index is 12.2. The molecule has 0 aromatic heterocycles. The summed E-state index contributed by atoms with van der Waals surface area (Å²) in [6, 6.07) is 11.9. The van der Waals surface area contributed by atoms with Crippen LogP contribution in [0, 0.1) is 0 Å². The highest BCUT2D eigenvalue weighted by molar-refractivity contribution is 6.11. The predicted molar refractivity (Wildman–Crippen MR) is 86.4 cm³/mol. The smallest absolute Gasteiger partial charge is 0.234 e. The van der Waals surface area contributed by atoms with Crippen molar-refractivity contribution in [3.63, 3.8) is 0 Å². The Kier molecular flexibility index (Phi) is 2.39. The van der Waals surface area contributed by atoms with Gasteiger partial charge < -0.3 is 0 Å². The third kappa shape index (κ3) is 1.58. The average Bonchev–Trinajstić information content (AvgIpc) is 2.53. The van der Waals surface area contributed by atoms with Crippen molar-refractivity contribution in [2.24, 2.45) is 0 Å². The molecule has 4 heteroatoms. The van der Waals surface area contributed by atoms with Gasteiger partial charge in [-0.25, -0.2) is 0 Å². The lowest BCUT2D eigenvalue weighted by atomic mass is 9.98. The second-order valence-electron chi connectivity index (χ2n) is 5.24. The van der Waals surface area contributed by atoms with Gasteiger partial charge in [0, 0.05) is 16.2 Å². The highest BCUT2D eigenvalue weighted by Gasteiger charge is 2.10. The minimum atomic E-state index is -0.590. The Morgan fingerprint density at radius 3 is 1.77 bits per heavy atom. The van der Waals surface area contributed by atoms with Gasteiger partial charge in [-0.15, -0.1) is 0 Å². The van der Waals surface area contributed by atoms with Crippen molar-refractivity contribution in [2.45, 2.75) is 0 Å². The van der Waals surface area contributed by atoms with Crippen LogP contribution >= 0.6 is 0 Å². The van der Waals surface area contributed by atoms with Crippen molar-refractivity contribution >= 4 is 32.3 Å². The Balaban J connectivity index is 2.40. The van der Waals surface area contributed by atoms with Crippen molar-refractivity contribution in [1.29, 1.82) is 0 Å². The molecular weight excluding hydrogens is 280 g/mol. The largest absolute Gasteiger partial charge is 0.289 e. The molecule has 0 N–H and O–H groups in total. The van der Waals surface area contributed by atoms with E-state index in [0.717, 1.165) is 0 Å². The van der Waals surface area contributed by atoms with Gasteiger partial charge in [0.15, 0.2) is 10.9 Å². The second-order valence-corrected chi connectivity index (χ2v) is 5.24. The van der Waals surface area contributed by atoms with E-state index in [1.54, 1.807) is 24.3 Å². The first kappa shape index (κ1) is 12.6. The minimum Gasteiger partial charge on any atom is -0.289 e. The van der Waals surface area contributed by atoms with Gasteiger partial charge >= 0.3 is 0 Å². The van der Waals surface area contributed by atoms with Gasteiger partial charge in [0.1, 0.15) is 0 Å². The Labute approximate surface area is 122 Å². The maximum absolute atomic E-state index is 12.2. The Bertz CT molecular complexity index is 1290. The van der Waals surface area contributed by atoms with E-state index < -0.39 is 10.9 Å². The van der Waals surface area contributed by atoms with Crippen molar-refractivity contribution in [2.75, 3.05) is 0 Å². The lowest BCUT2D eigenvalue weighted by Crippen LogP contribution is -2.22. The van der Waals surface area contributed by atoms with E-state index in [4.69, 9.17) is 0 Å². The van der Waals surface area contributed by atoms with E-state index in [2.05, 4.69) is 0 Å². The summed E-state index contributed by atoms with van der Waals surface area (Å²) in [4.78, 5) is 47.7. The van der Waals surface area contributed by atoms with Crippen LogP contribution in [0.2, 0.25) is 0 Å². The third-order valence-electron chi connectivity index (χ3n) is 3.97. The van der Waals surface area contributed by atoms with E-state index in [9.17, 15) is 19.2 Å². The molecule has 104 valence electrons. The molecule has 22 heavy (non-hydrogen) atoms. The fourth-order valence-electron chi connectivity index (χ4n) is 2.88. The molecule has 0 unspecified atom stereocenters. The maximum Gasteiger partial charge on any atom is 0.234 e. The summed E-state index contributed by atoms with van der Waals surface area (Å²) in [5.41, 5.74) is -1.69. The summed E-state index contributed by atoms with van der Waals surface area (Å²) < 4.78 is 0. The molecular formula is C18H8O4. The van der Waals surface area contributed by atoms with Gasteiger partial charge in [-0.3, -0.25) is 19.2 Å². The van der Waals surface area contributed by atoms with Crippen molar-refractivity contribution in [3.8, 4) is 0 Å². The van der Waals surface area contributed by atoms with Crippen LogP contribution in [0.15, 0.2) is 67.7 Å². The van der Waals surface area contributed by atoms with E-state index in [1.807, 2.05) is 0 Å². The second kappa shape index (κ2) is 4.18. The Hall–Kier alpha value is -3.14. The fraction of sp³-hybridized carbons (Fsp3) is 0. The normalized spacial score (nSPS) is 11.5. The molecule has 0 bridgehead atoms. The molecule has 0 radical (unpaired) electrons. The predicted octanol–water partition coefficient (Wildman–Crippen LogP) is 1.46. The number of hydrogen-bond acceptors (Lipinski definition) is 4. The molecule has 0 aliphatic carbocycles. The lowest BCUT2D eigenvalue weighted by Gasteiger charge is -2.04. The highest BCUT2D eigenvalue weighted by Crippen LogP contribution is 2.25. The molecule has 0 saturated heterocycles. The number of fused-ring (bicyclic) bond motifs is 4. The SMILES string of the molecule is O=c1ccc2ccc3cc4c(=O)ccc(=O)c4cc3c2c1=O. The molecule has 0 saturated carbocycles. The summed E-state index contributed by atoms with van der Waals surface area (Å²) in [6.07, 6.45) is 0. The number of benzene rings is 4. The first-order valence-electron chi connectivity index (χ1n) is 6.70. The summed E-state index contributed by atoms with van der Waals surface area (Å²) in [6.45, 7) is 0. The van der Waals surface area contributed by atoms with Crippen LogP contribution in [-0.4, -0.2) is 0 Å². The number of rotatable bonds is 0. The fourth-order valence-corrected chi connectivity index (χ4v) is 2.88. The molecule has 0 fully saturated rings. The molecule has 0 atom stereocenters. The Morgan fingerprint density at radius 1 is 0.500 bits per heavy atom. The Morgan fingerprint density at radius 2 is 1.05 bits per heavy atom. The van der Waals surface area contributed by atoms with Crippen LogP contribution < -0.4 is 21.7 Å². The average molecular weight is 288 g/mol. The van der Waals surface area contributed by atoms with E-state index in [0.29, 0.717) is 26.9 Å². The zero-order chi connectivity index (χ0) is 15.4. The van der Waals surface area contributed by atoms with E-state index >= 15 is 0 Å². The third-order valence-corrected chi connectivity index (χ3v) is 3.97. The van der Waals surface area contributed by atoms with Gasteiger partial charge in [-0.1, -0.05) is 18.2 Å². The van der Waals surface area contributed by atoms with E-state index in [-0.39, 0.29) is 16.2 Å². The summed E-state index contributed by atoms with van der Waals surface area (Å²) in [7, 11) is 0. The molecule has 4 rings (SSSR count). The lowest BCUT2D eigenvalue weighted by molar-refractivity contribution is 1.55. The van der Waals surface area contributed by atoms with Crippen LogP contribution in [0.25, 0.3) is 32.3 Å². The first-order valence-corrected chi connectivity index (χ1v) is 6.70. The molecule has 0 amide bonds. The molecule has 0 heterocycles. The quantitative estimate of drug-likeness (QED) is 0.279. The van der Waals surface area contributed by atoms with Gasteiger partial charge in [0.2, 0.25) is 10.9 Å². The van der Waals surface area contributed by atoms with Crippen LogP contribution in [-0.2, 0) is 0 Å². The van der Waals surface area contributed by atoms with Crippen LogP contribution in [0.3, 0.4) is 0 Å². The zero-order valence-electron chi connectivity index (χ0n) is 11.3. The summed E-state index contributed by atoms with van der Waals surface area (Å²) >= 11 is 0. The van der Waals surface area contributed by atoms with Crippen LogP contribution in [0.5, 0.6) is 0 Å². The standard InChI is InChI=1S/C18H8O4/c19-14-5-6-15(20)13-8-11-10(7-12(13)14)2-1-9-3-4-16(21)18(22)17(9)11/h1-8H. The molecule has 0 aliphatic rings. The van der Waals surface area contributed by atoms with E-state index in [1.165, 1.54) is 24.3 Å². The molecule has 0 spiro atoms. The topological polar surface area (TPSA) is 68.3 Å². The van der Waals surface area contributed by atoms with Crippen molar-refractivity contribution in [3.05, 3.63) is 89.4 Å². The van der Waals surface area contributed by atoms with Gasteiger partial charge in [0.25, 0.3) is 0 Å². The molecule has 4 nitrogen and oxygen atoms in total. The number of hydrogen-bond donors (Lipinski definition) is 0. The van der Waals surface area contributed by atoms with Crippen molar-refractivity contribution < 1.29 is 0 Å². The molecule has 0 aliphatic heterocycles. The highest BCUT2D eigenvalue weighted by atomic mass is 16.2. The summed E-state index contributed by atoms with van der Waals surface area (Å²) in [5, 5.41) is 2.71. The molecule has 4 aromatic carbocycles. The summed E-state index contributed by atoms with van der Waals surface area (Å²) in [5.74, 6) is 0. The van der Waals surface area contributed by atoms with Gasteiger partial charge in [0.05, 0.1) is 0 Å². The van der Waals surface area contributed by atoms with Gasteiger partial charge in [-0.2, -0.15) is 0 Å². The van der Waals surface area contributed by atoms with Crippen molar-refractivity contribution in [1.82, 2.24) is 0 Å². The van der Waals surface area contributed by atoms with Gasteiger partial charge in [-0.05, 0) is 46.5 Å². The van der Waals surface area contributed by atoms with Crippen LogP contribution in [0.1, 0.15) is 0 Å². The van der Waals surface area contributed by atoms with Crippen LogP contribution in [0.4, 0.5) is 0 Å². The first-order chi connectivity index (χ1) is 10.6.